The number of nitrogens with one attached hydrogen (secondary N) is 1. The molecule has 0 aliphatic carbocycles. The van der Waals surface area contributed by atoms with Gasteiger partial charge in [-0.1, -0.05) is 48.5 Å². The van der Waals surface area contributed by atoms with Gasteiger partial charge < -0.3 is 14.8 Å². The summed E-state index contributed by atoms with van der Waals surface area (Å²) in [5, 5.41) is 12.0. The lowest BCUT2D eigenvalue weighted by Crippen LogP contribution is -2.42. The fourth-order valence-electron chi connectivity index (χ4n) is 2.59. The standard InChI is InChI=1S/C20H18N2O4/c1-13-17(22-19(26-13)15-10-6-3-7-11-15)18(23)21-16(20(24)25)12-14-8-4-2-5-9-14/h2-11,16H,12H2,1H3,(H,21,23)(H,24,25)/t16-/m1/s1. The van der Waals surface area contributed by atoms with Crippen LogP contribution in [0, 0.1) is 6.92 Å². The van der Waals surface area contributed by atoms with Crippen molar-refractivity contribution in [2.45, 2.75) is 19.4 Å². The maximum absolute atomic E-state index is 12.5. The normalized spacial score (nSPS) is 11.7. The first kappa shape index (κ1) is 17.4. The van der Waals surface area contributed by atoms with E-state index in [1.54, 1.807) is 6.92 Å². The third-order valence-corrected chi connectivity index (χ3v) is 3.92. The summed E-state index contributed by atoms with van der Waals surface area (Å²) in [6.45, 7) is 1.63. The number of aromatic nitrogens is 1. The summed E-state index contributed by atoms with van der Waals surface area (Å²) in [5.41, 5.74) is 1.65. The maximum atomic E-state index is 12.5. The zero-order valence-corrected chi connectivity index (χ0v) is 14.2. The van der Waals surface area contributed by atoms with Crippen LogP contribution in [0.2, 0.25) is 0 Å². The lowest BCUT2D eigenvalue weighted by Gasteiger charge is -2.13. The number of carbonyl (C=O) groups excluding carboxylic acids is 1. The van der Waals surface area contributed by atoms with E-state index in [4.69, 9.17) is 4.42 Å². The molecule has 6 heteroatoms. The summed E-state index contributed by atoms with van der Waals surface area (Å²) in [4.78, 5) is 28.3. The van der Waals surface area contributed by atoms with E-state index in [0.29, 0.717) is 11.7 Å². The minimum absolute atomic E-state index is 0.0863. The maximum Gasteiger partial charge on any atom is 0.326 e. The predicted molar refractivity (Wildman–Crippen MR) is 95.7 cm³/mol. The van der Waals surface area contributed by atoms with Gasteiger partial charge >= 0.3 is 5.97 Å². The van der Waals surface area contributed by atoms with Gasteiger partial charge in [0, 0.05) is 12.0 Å². The smallest absolute Gasteiger partial charge is 0.326 e. The largest absolute Gasteiger partial charge is 0.480 e. The second-order valence-corrected chi connectivity index (χ2v) is 5.84. The zero-order chi connectivity index (χ0) is 18.5. The molecular formula is C20H18N2O4. The van der Waals surface area contributed by atoms with Crippen LogP contribution in [0.4, 0.5) is 0 Å². The first-order chi connectivity index (χ1) is 12.5. The molecule has 0 aliphatic heterocycles. The Morgan fingerprint density at radius 3 is 2.31 bits per heavy atom. The summed E-state index contributed by atoms with van der Waals surface area (Å²) in [5.74, 6) is -1.02. The number of amides is 1. The third kappa shape index (κ3) is 3.97. The molecule has 26 heavy (non-hydrogen) atoms. The minimum atomic E-state index is -1.10. The van der Waals surface area contributed by atoms with Crippen LogP contribution in [0.1, 0.15) is 21.8 Å². The van der Waals surface area contributed by atoms with Crippen molar-refractivity contribution in [3.8, 4) is 11.5 Å². The lowest BCUT2D eigenvalue weighted by atomic mass is 10.1. The van der Waals surface area contributed by atoms with Gasteiger partial charge in [-0.25, -0.2) is 9.78 Å². The fraction of sp³-hybridized carbons (Fsp3) is 0.150. The molecule has 0 unspecified atom stereocenters. The molecule has 2 N–H and O–H groups in total. The number of rotatable bonds is 6. The zero-order valence-electron chi connectivity index (χ0n) is 14.2. The Balaban J connectivity index is 1.78. The van der Waals surface area contributed by atoms with E-state index in [-0.39, 0.29) is 12.1 Å². The SMILES string of the molecule is Cc1oc(-c2ccccc2)nc1C(=O)N[C@H](Cc1ccccc1)C(=O)O. The second kappa shape index (κ2) is 7.65. The Kier molecular flexibility index (Phi) is 5.12. The van der Waals surface area contributed by atoms with Crippen LogP contribution in [0.25, 0.3) is 11.5 Å². The van der Waals surface area contributed by atoms with Gasteiger partial charge in [-0.05, 0) is 24.6 Å². The van der Waals surface area contributed by atoms with Gasteiger partial charge in [0.05, 0.1) is 0 Å². The van der Waals surface area contributed by atoms with Crippen LogP contribution >= 0.6 is 0 Å². The van der Waals surface area contributed by atoms with Gasteiger partial charge in [0.25, 0.3) is 5.91 Å². The first-order valence-corrected chi connectivity index (χ1v) is 8.15. The topological polar surface area (TPSA) is 92.4 Å². The van der Waals surface area contributed by atoms with E-state index in [1.165, 1.54) is 0 Å². The molecule has 1 atom stereocenters. The summed E-state index contributed by atoms with van der Waals surface area (Å²) < 4.78 is 5.56. The monoisotopic (exact) mass is 350 g/mol. The van der Waals surface area contributed by atoms with Gasteiger partial charge in [0.15, 0.2) is 5.69 Å². The fourth-order valence-corrected chi connectivity index (χ4v) is 2.59. The molecule has 1 heterocycles. The average Bonchev–Trinajstić information content (AvgIpc) is 3.04. The minimum Gasteiger partial charge on any atom is -0.480 e. The molecule has 132 valence electrons. The Morgan fingerprint density at radius 2 is 1.69 bits per heavy atom. The number of hydrogen-bond acceptors (Lipinski definition) is 4. The van der Waals surface area contributed by atoms with Crippen molar-refractivity contribution in [1.29, 1.82) is 0 Å². The van der Waals surface area contributed by atoms with Crippen molar-refractivity contribution in [1.82, 2.24) is 10.3 Å². The summed E-state index contributed by atoms with van der Waals surface area (Å²) >= 11 is 0. The van der Waals surface area contributed by atoms with E-state index in [9.17, 15) is 14.7 Å². The van der Waals surface area contributed by atoms with Gasteiger partial charge in [0.1, 0.15) is 11.8 Å². The molecule has 3 aromatic rings. The molecule has 0 saturated heterocycles. The summed E-state index contributed by atoms with van der Waals surface area (Å²) in [6.07, 6.45) is 0.185. The van der Waals surface area contributed by atoms with Gasteiger partial charge in [-0.15, -0.1) is 0 Å². The highest BCUT2D eigenvalue weighted by Gasteiger charge is 2.25. The number of carboxylic acids is 1. The number of hydrogen-bond donors (Lipinski definition) is 2. The van der Waals surface area contributed by atoms with Crippen LogP contribution < -0.4 is 5.32 Å². The summed E-state index contributed by atoms with van der Waals surface area (Å²) in [7, 11) is 0. The number of aliphatic carboxylic acids is 1. The lowest BCUT2D eigenvalue weighted by molar-refractivity contribution is -0.139. The Hall–Kier alpha value is -3.41. The van der Waals surface area contributed by atoms with Gasteiger partial charge in [0.2, 0.25) is 5.89 Å². The molecule has 0 aliphatic rings. The van der Waals surface area contributed by atoms with Crippen LogP contribution in [-0.4, -0.2) is 28.0 Å². The van der Waals surface area contributed by atoms with E-state index >= 15 is 0 Å². The molecule has 0 bridgehead atoms. The van der Waals surface area contributed by atoms with Crippen molar-refractivity contribution in [3.63, 3.8) is 0 Å². The average molecular weight is 350 g/mol. The number of carboxylic acid groups (broad SMARTS) is 1. The second-order valence-electron chi connectivity index (χ2n) is 5.84. The molecule has 0 spiro atoms. The molecule has 2 aromatic carbocycles. The third-order valence-electron chi connectivity index (χ3n) is 3.92. The Labute approximate surface area is 150 Å². The molecule has 6 nitrogen and oxygen atoms in total. The van der Waals surface area contributed by atoms with Crippen molar-refractivity contribution < 1.29 is 19.1 Å². The molecule has 0 saturated carbocycles. The Morgan fingerprint density at radius 1 is 1.08 bits per heavy atom. The summed E-state index contributed by atoms with van der Waals surface area (Å²) in [6, 6.07) is 17.3. The van der Waals surface area contributed by atoms with Crippen LogP contribution in [0.15, 0.2) is 65.1 Å². The quantitative estimate of drug-likeness (QED) is 0.713. The number of carbonyl (C=O) groups is 2. The molecule has 0 fully saturated rings. The molecule has 0 radical (unpaired) electrons. The van der Waals surface area contributed by atoms with Crippen molar-refractivity contribution >= 4 is 11.9 Å². The highest BCUT2D eigenvalue weighted by atomic mass is 16.4. The number of aryl methyl sites for hydroxylation is 1. The molecule has 1 amide bonds. The van der Waals surface area contributed by atoms with Gasteiger partial charge in [-0.2, -0.15) is 0 Å². The van der Waals surface area contributed by atoms with E-state index < -0.39 is 17.9 Å². The highest BCUT2D eigenvalue weighted by molar-refractivity contribution is 5.96. The van der Waals surface area contributed by atoms with Crippen molar-refractivity contribution in [3.05, 3.63) is 77.7 Å². The van der Waals surface area contributed by atoms with E-state index in [0.717, 1.165) is 11.1 Å². The number of nitrogens with zero attached hydrogens (tertiary/aromatic N) is 1. The molecule has 1 aromatic heterocycles. The van der Waals surface area contributed by atoms with Gasteiger partial charge in [-0.3, -0.25) is 4.79 Å². The highest BCUT2D eigenvalue weighted by Crippen LogP contribution is 2.21. The van der Waals surface area contributed by atoms with E-state index in [2.05, 4.69) is 10.3 Å². The predicted octanol–water partition coefficient (Wildman–Crippen LogP) is 3.08. The molecular weight excluding hydrogens is 332 g/mol. The molecule has 3 rings (SSSR count). The van der Waals surface area contributed by atoms with E-state index in [1.807, 2.05) is 60.7 Å². The Bertz CT molecular complexity index is 904. The van der Waals surface area contributed by atoms with Crippen LogP contribution in [0.5, 0.6) is 0 Å². The van der Waals surface area contributed by atoms with Crippen molar-refractivity contribution in [2.24, 2.45) is 0 Å². The van der Waals surface area contributed by atoms with Crippen LogP contribution in [0.3, 0.4) is 0 Å². The number of oxazole rings is 1. The first-order valence-electron chi connectivity index (χ1n) is 8.15. The van der Waals surface area contributed by atoms with Crippen LogP contribution in [-0.2, 0) is 11.2 Å². The number of benzene rings is 2. The van der Waals surface area contributed by atoms with Crippen molar-refractivity contribution in [2.75, 3.05) is 0 Å².